The van der Waals surface area contributed by atoms with E-state index in [1.807, 2.05) is 13.2 Å². The molecule has 1 aliphatic rings. The molecule has 2 rings (SSSR count). The Morgan fingerprint density at radius 1 is 1.71 bits per heavy atom. The number of aryl methyl sites for hydroxylation is 1. The number of nitrogens with zero attached hydrogens (tertiary/aromatic N) is 3. The summed E-state index contributed by atoms with van der Waals surface area (Å²) in [6.07, 6.45) is 4.89. The van der Waals surface area contributed by atoms with Crippen LogP contribution in [0.1, 0.15) is 5.69 Å². The summed E-state index contributed by atoms with van der Waals surface area (Å²) in [7, 11) is 1.87. The van der Waals surface area contributed by atoms with Gasteiger partial charge in [-0.15, -0.1) is 5.10 Å². The molecule has 0 saturated heterocycles. The number of aromatic nitrogens is 3. The van der Waals surface area contributed by atoms with Crippen molar-refractivity contribution in [3.05, 3.63) is 23.5 Å². The van der Waals surface area contributed by atoms with Crippen molar-refractivity contribution in [3.8, 4) is 0 Å². The maximum atomic E-state index is 5.80. The third-order valence-electron chi connectivity index (χ3n) is 2.24. The minimum atomic E-state index is 0.135. The van der Waals surface area contributed by atoms with Crippen LogP contribution in [0.25, 0.3) is 0 Å². The first kappa shape index (κ1) is 9.36. The quantitative estimate of drug-likeness (QED) is 0.604. The van der Waals surface area contributed by atoms with Crippen molar-refractivity contribution in [2.45, 2.75) is 12.5 Å². The van der Waals surface area contributed by atoms with Gasteiger partial charge >= 0.3 is 0 Å². The van der Waals surface area contributed by atoms with Crippen LogP contribution in [-0.2, 0) is 13.5 Å². The highest BCUT2D eigenvalue weighted by atomic mass is 15.4. The Kier molecular flexibility index (Phi) is 2.60. The molecule has 0 aliphatic carbocycles. The Labute approximate surface area is 83.0 Å². The van der Waals surface area contributed by atoms with Gasteiger partial charge < -0.3 is 11.1 Å². The standard InChI is InChI=1S/C9H15N5/c1-14-6-9(12-13-14)3-7-2-8(10)5-11-4-7/h2,6,8,11H,3-5,10H2,1H3. The van der Waals surface area contributed by atoms with Crippen molar-refractivity contribution in [1.82, 2.24) is 20.3 Å². The summed E-state index contributed by atoms with van der Waals surface area (Å²) in [6, 6.07) is 0.135. The third kappa shape index (κ3) is 2.18. The second-order valence-corrected chi connectivity index (χ2v) is 3.68. The molecule has 1 aliphatic heterocycles. The molecule has 0 saturated carbocycles. The molecule has 1 aromatic rings. The SMILES string of the molecule is Cn1cc(CC2=CC(N)CNC2)nn1. The van der Waals surface area contributed by atoms with E-state index in [0.29, 0.717) is 0 Å². The topological polar surface area (TPSA) is 68.8 Å². The van der Waals surface area contributed by atoms with Crippen LogP contribution in [0, 0.1) is 0 Å². The molecule has 0 fully saturated rings. The largest absolute Gasteiger partial charge is 0.323 e. The molecule has 1 atom stereocenters. The zero-order valence-corrected chi connectivity index (χ0v) is 8.27. The van der Waals surface area contributed by atoms with Crippen LogP contribution >= 0.6 is 0 Å². The predicted molar refractivity (Wildman–Crippen MR) is 53.6 cm³/mol. The van der Waals surface area contributed by atoms with Gasteiger partial charge in [-0.05, 0) is 0 Å². The maximum Gasteiger partial charge on any atom is 0.0867 e. The zero-order chi connectivity index (χ0) is 9.97. The minimum absolute atomic E-state index is 0.135. The molecule has 0 bridgehead atoms. The van der Waals surface area contributed by atoms with Crippen LogP contribution in [0.15, 0.2) is 17.8 Å². The second kappa shape index (κ2) is 3.89. The first-order valence-corrected chi connectivity index (χ1v) is 4.75. The molecular weight excluding hydrogens is 178 g/mol. The molecule has 1 unspecified atom stereocenters. The summed E-state index contributed by atoms with van der Waals surface area (Å²) in [5.41, 5.74) is 8.09. The van der Waals surface area contributed by atoms with Gasteiger partial charge in [-0.2, -0.15) is 0 Å². The summed E-state index contributed by atoms with van der Waals surface area (Å²) >= 11 is 0. The van der Waals surface area contributed by atoms with E-state index in [9.17, 15) is 0 Å². The lowest BCUT2D eigenvalue weighted by molar-refractivity contribution is 0.625. The Balaban J connectivity index is 2.03. The highest BCUT2D eigenvalue weighted by molar-refractivity contribution is 5.18. The van der Waals surface area contributed by atoms with E-state index in [1.165, 1.54) is 5.57 Å². The predicted octanol–water partition coefficient (Wildman–Crippen LogP) is -0.785. The molecule has 5 heteroatoms. The lowest BCUT2D eigenvalue weighted by Gasteiger charge is -2.18. The highest BCUT2D eigenvalue weighted by Crippen LogP contribution is 2.07. The maximum absolute atomic E-state index is 5.80. The fourth-order valence-electron chi connectivity index (χ4n) is 1.65. The van der Waals surface area contributed by atoms with E-state index in [2.05, 4.69) is 21.7 Å². The molecule has 0 spiro atoms. The summed E-state index contributed by atoms with van der Waals surface area (Å²) in [5.74, 6) is 0. The van der Waals surface area contributed by atoms with Crippen LogP contribution in [-0.4, -0.2) is 34.1 Å². The smallest absolute Gasteiger partial charge is 0.0867 e. The van der Waals surface area contributed by atoms with Crippen LogP contribution in [0.4, 0.5) is 0 Å². The Bertz CT molecular complexity index is 341. The van der Waals surface area contributed by atoms with Gasteiger partial charge in [0.25, 0.3) is 0 Å². The molecule has 0 aromatic carbocycles. The lowest BCUT2D eigenvalue weighted by Crippen LogP contribution is -2.38. The van der Waals surface area contributed by atoms with E-state index in [0.717, 1.165) is 25.2 Å². The normalized spacial score (nSPS) is 22.1. The van der Waals surface area contributed by atoms with Crippen LogP contribution < -0.4 is 11.1 Å². The minimum Gasteiger partial charge on any atom is -0.323 e. The molecule has 3 N–H and O–H groups in total. The average molecular weight is 193 g/mol. The van der Waals surface area contributed by atoms with Crippen LogP contribution in [0.5, 0.6) is 0 Å². The van der Waals surface area contributed by atoms with Gasteiger partial charge in [-0.3, -0.25) is 4.68 Å². The van der Waals surface area contributed by atoms with E-state index in [1.54, 1.807) is 4.68 Å². The van der Waals surface area contributed by atoms with Crippen molar-refractivity contribution in [2.75, 3.05) is 13.1 Å². The van der Waals surface area contributed by atoms with Crippen LogP contribution in [0.2, 0.25) is 0 Å². The Hall–Kier alpha value is -1.20. The zero-order valence-electron chi connectivity index (χ0n) is 8.27. The summed E-state index contributed by atoms with van der Waals surface area (Å²) in [5, 5.41) is 11.2. The number of nitrogens with two attached hydrogens (primary N) is 1. The average Bonchev–Trinajstić information content (AvgIpc) is 2.51. The van der Waals surface area contributed by atoms with Gasteiger partial charge in [0, 0.05) is 38.8 Å². The number of nitrogens with one attached hydrogen (secondary N) is 1. The molecule has 76 valence electrons. The first-order chi connectivity index (χ1) is 6.74. The Morgan fingerprint density at radius 2 is 2.57 bits per heavy atom. The fourth-order valence-corrected chi connectivity index (χ4v) is 1.65. The van der Waals surface area contributed by atoms with Crippen molar-refractivity contribution in [3.63, 3.8) is 0 Å². The molecular formula is C9H15N5. The number of rotatable bonds is 2. The van der Waals surface area contributed by atoms with E-state index < -0.39 is 0 Å². The molecule has 0 radical (unpaired) electrons. The third-order valence-corrected chi connectivity index (χ3v) is 2.24. The fraction of sp³-hybridized carbons (Fsp3) is 0.556. The molecule has 5 nitrogen and oxygen atoms in total. The van der Waals surface area contributed by atoms with E-state index in [-0.39, 0.29) is 6.04 Å². The second-order valence-electron chi connectivity index (χ2n) is 3.68. The first-order valence-electron chi connectivity index (χ1n) is 4.75. The van der Waals surface area contributed by atoms with Gasteiger partial charge in [0.05, 0.1) is 5.69 Å². The van der Waals surface area contributed by atoms with Gasteiger partial charge in [0.15, 0.2) is 0 Å². The van der Waals surface area contributed by atoms with E-state index in [4.69, 9.17) is 5.73 Å². The monoisotopic (exact) mass is 193 g/mol. The summed E-state index contributed by atoms with van der Waals surface area (Å²) in [6.45, 7) is 1.77. The molecule has 2 heterocycles. The molecule has 1 aromatic heterocycles. The van der Waals surface area contributed by atoms with Crippen molar-refractivity contribution in [1.29, 1.82) is 0 Å². The van der Waals surface area contributed by atoms with Gasteiger partial charge in [-0.1, -0.05) is 16.9 Å². The number of hydrogen-bond acceptors (Lipinski definition) is 4. The number of hydrogen-bond donors (Lipinski definition) is 2. The summed E-state index contributed by atoms with van der Waals surface area (Å²) in [4.78, 5) is 0. The van der Waals surface area contributed by atoms with Gasteiger partial charge in [0.1, 0.15) is 0 Å². The van der Waals surface area contributed by atoms with Crippen molar-refractivity contribution in [2.24, 2.45) is 12.8 Å². The molecule has 14 heavy (non-hydrogen) atoms. The molecule has 0 amide bonds. The van der Waals surface area contributed by atoms with E-state index >= 15 is 0 Å². The van der Waals surface area contributed by atoms with Crippen molar-refractivity contribution < 1.29 is 0 Å². The van der Waals surface area contributed by atoms with Crippen LogP contribution in [0.3, 0.4) is 0 Å². The van der Waals surface area contributed by atoms with Gasteiger partial charge in [-0.25, -0.2) is 0 Å². The Morgan fingerprint density at radius 3 is 3.21 bits per heavy atom. The van der Waals surface area contributed by atoms with Gasteiger partial charge in [0.2, 0.25) is 0 Å². The summed E-state index contributed by atoms with van der Waals surface area (Å²) < 4.78 is 1.71. The highest BCUT2D eigenvalue weighted by Gasteiger charge is 2.10. The lowest BCUT2D eigenvalue weighted by atomic mass is 10.0. The van der Waals surface area contributed by atoms with Crippen molar-refractivity contribution >= 4 is 0 Å².